The largest absolute Gasteiger partial charge is 0.487 e. The van der Waals surface area contributed by atoms with Gasteiger partial charge in [0.1, 0.15) is 0 Å². The van der Waals surface area contributed by atoms with Crippen molar-refractivity contribution in [3.63, 3.8) is 0 Å². The Morgan fingerprint density at radius 1 is 1.38 bits per heavy atom. The Kier molecular flexibility index (Phi) is 7.33. The highest BCUT2D eigenvalue weighted by Crippen LogP contribution is 2.15. The van der Waals surface area contributed by atoms with Crippen molar-refractivity contribution in [2.24, 2.45) is 0 Å². The predicted octanol–water partition coefficient (Wildman–Crippen LogP) is 2.94. The Labute approximate surface area is 89.3 Å². The normalized spacial score (nSPS) is 11.5. The molecule has 0 radical (unpaired) electrons. The summed E-state index contributed by atoms with van der Waals surface area (Å²) in [6.45, 7) is 10.9. The molecule has 2 nitrogen and oxygen atoms in total. The van der Waals surface area contributed by atoms with E-state index in [1.54, 1.807) is 0 Å². The molecule has 13 heavy (non-hydrogen) atoms. The number of halogens is 1. The summed E-state index contributed by atoms with van der Waals surface area (Å²) in [5.41, 5.74) is 0.962. The second kappa shape index (κ2) is 7.36. The van der Waals surface area contributed by atoms with Crippen LogP contribution in [0.2, 0.25) is 0 Å². The third kappa shape index (κ3) is 6.08. The lowest BCUT2D eigenvalue weighted by atomic mass is 9.89. The van der Waals surface area contributed by atoms with Gasteiger partial charge in [-0.3, -0.25) is 0 Å². The molecule has 0 heterocycles. The number of hydrogen-bond acceptors (Lipinski definition) is 2. The first-order valence-corrected chi connectivity index (χ1v) is 5.17. The summed E-state index contributed by atoms with van der Waals surface area (Å²) in [6, 6.07) is 0. The van der Waals surface area contributed by atoms with Crippen molar-refractivity contribution < 1.29 is 9.31 Å². The fourth-order valence-corrected chi connectivity index (χ4v) is 0.950. The monoisotopic (exact) mass is 246 g/mol. The van der Waals surface area contributed by atoms with Gasteiger partial charge in [-0.1, -0.05) is 22.5 Å². The van der Waals surface area contributed by atoms with Crippen molar-refractivity contribution in [3.05, 3.63) is 22.6 Å². The summed E-state index contributed by atoms with van der Waals surface area (Å²) < 4.78 is 11.6. The van der Waals surface area contributed by atoms with Crippen LogP contribution >= 0.6 is 15.9 Å². The molecule has 0 aliphatic heterocycles. The third-order valence-electron chi connectivity index (χ3n) is 1.35. The van der Waals surface area contributed by atoms with Crippen LogP contribution in [0, 0.1) is 0 Å². The molecule has 0 aromatic carbocycles. The van der Waals surface area contributed by atoms with Crippen molar-refractivity contribution >= 4 is 23.0 Å². The van der Waals surface area contributed by atoms with E-state index in [1.807, 2.05) is 26.7 Å². The Bertz CT molecular complexity index is 186. The molecule has 0 N–H and O–H groups in total. The molecule has 0 atom stereocenters. The topological polar surface area (TPSA) is 18.5 Å². The average Bonchev–Trinajstić information content (AvgIpc) is 2.05. The van der Waals surface area contributed by atoms with Crippen LogP contribution in [0.4, 0.5) is 0 Å². The molecule has 0 rings (SSSR count). The SMILES string of the molecule is C=C(C)C(Br)=CB(OCC)OCC. The summed E-state index contributed by atoms with van der Waals surface area (Å²) >= 11 is 3.38. The molecule has 0 saturated heterocycles. The highest BCUT2D eigenvalue weighted by Gasteiger charge is 2.13. The number of allylic oxidation sites excluding steroid dienone is 2. The van der Waals surface area contributed by atoms with Crippen molar-refractivity contribution in [2.75, 3.05) is 13.2 Å². The smallest absolute Gasteiger partial charge is 0.408 e. The highest BCUT2D eigenvalue weighted by molar-refractivity contribution is 9.12. The molecule has 4 heteroatoms. The molecule has 0 spiro atoms. The lowest BCUT2D eigenvalue weighted by molar-refractivity contribution is 0.224. The molecular weight excluding hydrogens is 231 g/mol. The van der Waals surface area contributed by atoms with Gasteiger partial charge < -0.3 is 9.31 Å². The lowest BCUT2D eigenvalue weighted by Gasteiger charge is -2.08. The van der Waals surface area contributed by atoms with Gasteiger partial charge in [-0.25, -0.2) is 0 Å². The summed E-state index contributed by atoms with van der Waals surface area (Å²) in [6.07, 6.45) is 0. The molecule has 0 unspecified atom stereocenters. The Morgan fingerprint density at radius 3 is 2.15 bits per heavy atom. The van der Waals surface area contributed by atoms with Crippen molar-refractivity contribution in [2.45, 2.75) is 20.8 Å². The van der Waals surface area contributed by atoms with Crippen LogP contribution in [0.25, 0.3) is 0 Å². The minimum atomic E-state index is -0.277. The van der Waals surface area contributed by atoms with Gasteiger partial charge >= 0.3 is 7.12 Å². The first-order valence-electron chi connectivity index (χ1n) is 4.38. The van der Waals surface area contributed by atoms with Gasteiger partial charge in [-0.2, -0.15) is 0 Å². The highest BCUT2D eigenvalue weighted by atomic mass is 79.9. The molecule has 0 aromatic rings. The van der Waals surface area contributed by atoms with Gasteiger partial charge in [0, 0.05) is 17.7 Å². The summed E-state index contributed by atoms with van der Waals surface area (Å²) in [5.74, 6) is 1.87. The molecule has 0 aliphatic carbocycles. The molecule has 0 amide bonds. The molecule has 0 aromatic heterocycles. The lowest BCUT2D eigenvalue weighted by Crippen LogP contribution is -2.21. The van der Waals surface area contributed by atoms with E-state index in [2.05, 4.69) is 22.5 Å². The van der Waals surface area contributed by atoms with E-state index in [0.29, 0.717) is 13.2 Å². The fraction of sp³-hybridized carbons (Fsp3) is 0.556. The maximum atomic E-state index is 5.33. The second-order valence-electron chi connectivity index (χ2n) is 2.57. The van der Waals surface area contributed by atoms with Crippen LogP contribution in [0.1, 0.15) is 20.8 Å². The Hall–Kier alpha value is -0.0551. The summed E-state index contributed by atoms with van der Waals surface area (Å²) in [4.78, 5) is 0. The first kappa shape index (κ1) is 12.9. The quantitative estimate of drug-likeness (QED) is 0.530. The predicted molar refractivity (Wildman–Crippen MR) is 60.8 cm³/mol. The van der Waals surface area contributed by atoms with E-state index in [0.717, 1.165) is 10.1 Å². The van der Waals surface area contributed by atoms with Gasteiger partial charge in [0.25, 0.3) is 0 Å². The zero-order valence-corrected chi connectivity index (χ0v) is 10.1. The zero-order valence-electron chi connectivity index (χ0n) is 8.47. The maximum Gasteiger partial charge on any atom is 0.487 e. The third-order valence-corrected chi connectivity index (χ3v) is 2.29. The van der Waals surface area contributed by atoms with Crippen LogP contribution in [-0.4, -0.2) is 20.3 Å². The maximum absolute atomic E-state index is 5.33. The van der Waals surface area contributed by atoms with E-state index in [1.165, 1.54) is 0 Å². The Balaban J connectivity index is 4.20. The van der Waals surface area contributed by atoms with E-state index in [9.17, 15) is 0 Å². The zero-order chi connectivity index (χ0) is 10.3. The molecular formula is C9H16BBrO2. The number of hydrogen-bond donors (Lipinski definition) is 0. The van der Waals surface area contributed by atoms with Gasteiger partial charge in [0.2, 0.25) is 0 Å². The fourth-order valence-electron chi connectivity index (χ4n) is 0.735. The molecule has 0 bridgehead atoms. The molecule has 0 fully saturated rings. The Morgan fingerprint density at radius 2 is 1.85 bits per heavy atom. The van der Waals surface area contributed by atoms with Crippen molar-refractivity contribution in [3.8, 4) is 0 Å². The summed E-state index contributed by atoms with van der Waals surface area (Å²) in [7, 11) is -0.277. The van der Waals surface area contributed by atoms with Gasteiger partial charge in [0.15, 0.2) is 0 Å². The van der Waals surface area contributed by atoms with Crippen LogP contribution in [-0.2, 0) is 9.31 Å². The van der Waals surface area contributed by atoms with Crippen LogP contribution in [0.3, 0.4) is 0 Å². The van der Waals surface area contributed by atoms with E-state index in [4.69, 9.17) is 9.31 Å². The van der Waals surface area contributed by atoms with E-state index >= 15 is 0 Å². The minimum Gasteiger partial charge on any atom is -0.408 e. The van der Waals surface area contributed by atoms with Gasteiger partial charge in [-0.05, 0) is 32.3 Å². The van der Waals surface area contributed by atoms with E-state index in [-0.39, 0.29) is 7.12 Å². The van der Waals surface area contributed by atoms with Crippen molar-refractivity contribution in [1.82, 2.24) is 0 Å². The molecule has 74 valence electrons. The first-order chi connectivity index (χ1) is 6.11. The summed E-state index contributed by atoms with van der Waals surface area (Å²) in [5, 5.41) is 0. The standard InChI is InChI=1S/C9H16BBrO2/c1-5-12-10(13-6-2)7-9(11)8(3)4/h7H,3,5-6H2,1-2,4H3. The van der Waals surface area contributed by atoms with Crippen LogP contribution in [0.5, 0.6) is 0 Å². The van der Waals surface area contributed by atoms with E-state index < -0.39 is 0 Å². The van der Waals surface area contributed by atoms with Crippen molar-refractivity contribution in [1.29, 1.82) is 0 Å². The van der Waals surface area contributed by atoms with Crippen LogP contribution in [0.15, 0.2) is 22.6 Å². The minimum absolute atomic E-state index is 0.277. The van der Waals surface area contributed by atoms with Crippen LogP contribution < -0.4 is 0 Å². The van der Waals surface area contributed by atoms with Gasteiger partial charge in [-0.15, -0.1) is 0 Å². The molecule has 0 saturated carbocycles. The second-order valence-corrected chi connectivity index (χ2v) is 3.43. The van der Waals surface area contributed by atoms with Gasteiger partial charge in [0.05, 0.1) is 0 Å². The average molecular weight is 247 g/mol. The molecule has 0 aliphatic rings. The number of rotatable bonds is 6.